The van der Waals surface area contributed by atoms with Gasteiger partial charge in [0.05, 0.1) is 15.1 Å². The number of hydrogen-bond acceptors (Lipinski definition) is 3. The van der Waals surface area contributed by atoms with Gasteiger partial charge in [-0.05, 0) is 24.3 Å². The molecule has 0 N–H and O–H groups in total. The molecule has 1 aromatic rings. The van der Waals surface area contributed by atoms with Gasteiger partial charge in [-0.15, -0.1) is 11.3 Å². The lowest BCUT2D eigenvalue weighted by Crippen LogP contribution is -2.21. The molecule has 0 radical (unpaired) electrons. The third-order valence-electron chi connectivity index (χ3n) is 2.72. The first kappa shape index (κ1) is 12.1. The molecule has 0 fully saturated rings. The van der Waals surface area contributed by atoms with E-state index in [2.05, 4.69) is 4.98 Å². The summed E-state index contributed by atoms with van der Waals surface area (Å²) in [6.07, 6.45) is -4.65. The zero-order chi connectivity index (χ0) is 13.6. The van der Waals surface area contributed by atoms with Crippen LogP contribution in [0.4, 0.5) is 13.2 Å². The van der Waals surface area contributed by atoms with Crippen molar-refractivity contribution in [2.45, 2.75) is 6.18 Å². The minimum absolute atomic E-state index is 0.126. The SMILES string of the molecule is O=c1c(C(F)(F)F)ccc2sc3ccccc3nc1-2. The Morgan fingerprint density at radius 3 is 2.53 bits per heavy atom. The molecule has 0 saturated carbocycles. The summed E-state index contributed by atoms with van der Waals surface area (Å²) in [5.41, 5.74) is -1.84. The fraction of sp³-hybridized carbons (Fsp3) is 0.0769. The zero-order valence-corrected chi connectivity index (χ0v) is 10.2. The van der Waals surface area contributed by atoms with E-state index in [4.69, 9.17) is 0 Å². The molecule has 2 nitrogen and oxygen atoms in total. The van der Waals surface area contributed by atoms with E-state index in [0.29, 0.717) is 10.4 Å². The van der Waals surface area contributed by atoms with E-state index in [9.17, 15) is 18.0 Å². The maximum absolute atomic E-state index is 12.7. The number of para-hydroxylation sites is 1. The lowest BCUT2D eigenvalue weighted by molar-refractivity contribution is -0.138. The molecule has 0 aromatic heterocycles. The van der Waals surface area contributed by atoms with E-state index >= 15 is 0 Å². The number of fused-ring (bicyclic) bond motifs is 2. The summed E-state index contributed by atoms with van der Waals surface area (Å²) in [6.45, 7) is 0. The second kappa shape index (κ2) is 4.03. The van der Waals surface area contributed by atoms with E-state index < -0.39 is 17.2 Å². The Morgan fingerprint density at radius 2 is 1.79 bits per heavy atom. The Kier molecular flexibility index (Phi) is 2.56. The van der Waals surface area contributed by atoms with Crippen LogP contribution in [-0.2, 0) is 6.18 Å². The highest BCUT2D eigenvalue weighted by Crippen LogP contribution is 2.32. The van der Waals surface area contributed by atoms with E-state index in [1.54, 1.807) is 12.1 Å². The van der Waals surface area contributed by atoms with Crippen molar-refractivity contribution in [3.05, 3.63) is 52.2 Å². The molecule has 96 valence electrons. The third kappa shape index (κ3) is 1.98. The largest absolute Gasteiger partial charge is 0.420 e. The fourth-order valence-electron chi connectivity index (χ4n) is 1.84. The van der Waals surface area contributed by atoms with Crippen molar-refractivity contribution < 1.29 is 13.2 Å². The van der Waals surface area contributed by atoms with Crippen molar-refractivity contribution in [2.75, 3.05) is 0 Å². The van der Waals surface area contributed by atoms with Gasteiger partial charge >= 0.3 is 6.18 Å². The Morgan fingerprint density at radius 1 is 1.05 bits per heavy atom. The van der Waals surface area contributed by atoms with Crippen LogP contribution in [0.5, 0.6) is 0 Å². The number of halogens is 3. The van der Waals surface area contributed by atoms with E-state index in [1.165, 1.54) is 17.4 Å². The first-order valence-corrected chi connectivity index (χ1v) is 6.18. The van der Waals surface area contributed by atoms with Crippen LogP contribution in [0.3, 0.4) is 0 Å². The van der Waals surface area contributed by atoms with Gasteiger partial charge in [0.1, 0.15) is 11.3 Å². The van der Waals surface area contributed by atoms with Gasteiger partial charge in [0.2, 0.25) is 5.43 Å². The molecule has 0 unspecified atom stereocenters. The molecule has 0 amide bonds. The van der Waals surface area contributed by atoms with E-state index in [1.807, 2.05) is 12.1 Å². The Labute approximate surface area is 109 Å². The summed E-state index contributed by atoms with van der Waals surface area (Å²) in [6, 6.07) is 9.14. The monoisotopic (exact) mass is 281 g/mol. The summed E-state index contributed by atoms with van der Waals surface area (Å²) in [4.78, 5) is 16.3. The first-order chi connectivity index (χ1) is 8.97. The third-order valence-corrected chi connectivity index (χ3v) is 3.83. The van der Waals surface area contributed by atoms with E-state index in [-0.39, 0.29) is 5.69 Å². The van der Waals surface area contributed by atoms with Gasteiger partial charge < -0.3 is 0 Å². The Bertz CT molecular complexity index is 794. The number of alkyl halides is 3. The smallest absolute Gasteiger partial charge is 0.287 e. The minimum atomic E-state index is -4.65. The highest BCUT2D eigenvalue weighted by Gasteiger charge is 2.35. The van der Waals surface area contributed by atoms with Crippen molar-refractivity contribution >= 4 is 21.6 Å². The van der Waals surface area contributed by atoms with Gasteiger partial charge in [-0.25, -0.2) is 4.98 Å². The molecule has 1 aliphatic heterocycles. The van der Waals surface area contributed by atoms with Gasteiger partial charge in [0.25, 0.3) is 0 Å². The fourth-order valence-corrected chi connectivity index (χ4v) is 2.81. The van der Waals surface area contributed by atoms with Gasteiger partial charge in [0.15, 0.2) is 0 Å². The second-order valence-corrected chi connectivity index (χ2v) is 5.05. The summed E-state index contributed by atoms with van der Waals surface area (Å²) >= 11 is 1.25. The van der Waals surface area contributed by atoms with Gasteiger partial charge in [-0.1, -0.05) is 12.1 Å². The van der Waals surface area contributed by atoms with Gasteiger partial charge in [0, 0.05) is 0 Å². The first-order valence-electron chi connectivity index (χ1n) is 5.36. The minimum Gasteiger partial charge on any atom is -0.287 e. The number of benzene rings is 2. The molecule has 0 atom stereocenters. The molecule has 3 rings (SSSR count). The number of rotatable bonds is 0. The van der Waals surface area contributed by atoms with Crippen molar-refractivity contribution in [1.29, 1.82) is 0 Å². The predicted molar refractivity (Wildman–Crippen MR) is 67.5 cm³/mol. The van der Waals surface area contributed by atoms with Crippen LogP contribution in [0, 0.1) is 0 Å². The van der Waals surface area contributed by atoms with Crippen LogP contribution in [0.25, 0.3) is 20.8 Å². The number of aromatic nitrogens is 1. The molecule has 1 aromatic carbocycles. The molecule has 6 heteroatoms. The van der Waals surface area contributed by atoms with Crippen LogP contribution in [0.15, 0.2) is 41.2 Å². The lowest BCUT2D eigenvalue weighted by Gasteiger charge is -2.09. The topological polar surface area (TPSA) is 30.0 Å². The normalized spacial score (nSPS) is 12.2. The van der Waals surface area contributed by atoms with Crippen molar-refractivity contribution in [3.8, 4) is 10.6 Å². The molecule has 1 aliphatic carbocycles. The molecule has 1 heterocycles. The number of hydrogen-bond donors (Lipinski definition) is 0. The summed E-state index contributed by atoms with van der Waals surface area (Å²) < 4.78 is 38.8. The molecular weight excluding hydrogens is 275 g/mol. The highest BCUT2D eigenvalue weighted by molar-refractivity contribution is 7.21. The number of nitrogens with zero attached hydrogens (tertiary/aromatic N) is 1. The van der Waals surface area contributed by atoms with Crippen molar-refractivity contribution in [2.24, 2.45) is 0 Å². The van der Waals surface area contributed by atoms with Crippen molar-refractivity contribution in [1.82, 2.24) is 4.98 Å². The Balaban J connectivity index is 2.41. The molecular formula is C13H6F3NOS. The predicted octanol–water partition coefficient (Wildman–Crippen LogP) is 3.78. The Hall–Kier alpha value is -1.95. The molecule has 0 spiro atoms. The van der Waals surface area contributed by atoms with E-state index in [0.717, 1.165) is 10.8 Å². The quantitative estimate of drug-likeness (QED) is 0.587. The molecule has 2 aliphatic rings. The maximum atomic E-state index is 12.7. The summed E-state index contributed by atoms with van der Waals surface area (Å²) in [7, 11) is 0. The molecule has 19 heavy (non-hydrogen) atoms. The second-order valence-electron chi connectivity index (χ2n) is 3.97. The zero-order valence-electron chi connectivity index (χ0n) is 9.36. The maximum Gasteiger partial charge on any atom is 0.420 e. The highest BCUT2D eigenvalue weighted by atomic mass is 32.1. The van der Waals surface area contributed by atoms with Crippen LogP contribution >= 0.6 is 11.3 Å². The average molecular weight is 281 g/mol. The summed E-state index contributed by atoms with van der Waals surface area (Å²) in [5.74, 6) is 0. The van der Waals surface area contributed by atoms with Gasteiger partial charge in [-0.3, -0.25) is 4.79 Å². The van der Waals surface area contributed by atoms with Crippen molar-refractivity contribution in [3.63, 3.8) is 0 Å². The molecule has 0 bridgehead atoms. The standard InChI is InChI=1S/C13H6F3NOS/c14-13(15,16)7-5-6-10-11(12(7)18)17-8-3-1-2-4-9(8)19-10/h1-6H. The van der Waals surface area contributed by atoms with Crippen LogP contribution in [0.1, 0.15) is 5.56 Å². The summed E-state index contributed by atoms with van der Waals surface area (Å²) in [5, 5.41) is 0. The van der Waals surface area contributed by atoms with Crippen LogP contribution < -0.4 is 5.43 Å². The van der Waals surface area contributed by atoms with Crippen LogP contribution in [-0.4, -0.2) is 4.98 Å². The average Bonchev–Trinajstić information content (AvgIpc) is 2.36. The van der Waals surface area contributed by atoms with Gasteiger partial charge in [-0.2, -0.15) is 13.2 Å². The molecule has 0 saturated heterocycles. The van der Waals surface area contributed by atoms with Crippen LogP contribution in [0.2, 0.25) is 0 Å². The lowest BCUT2D eigenvalue weighted by atomic mass is 10.1.